The van der Waals surface area contributed by atoms with Crippen LogP contribution in [0, 0.1) is 5.41 Å². The van der Waals surface area contributed by atoms with E-state index in [1.165, 1.54) is 24.3 Å². The number of hydrogen-bond donors (Lipinski definition) is 1. The minimum Gasteiger partial charge on any atom is -0.478 e. The molecule has 0 fully saturated rings. The molecular weight excluding hydrogens is 440 g/mol. The first-order valence-electron chi connectivity index (χ1n) is 8.38. The maximum absolute atomic E-state index is 13.1. The Hall–Kier alpha value is -2.10. The molecule has 158 valence electrons. The van der Waals surface area contributed by atoms with Gasteiger partial charge in [0.15, 0.2) is 15.9 Å². The second-order valence-corrected chi connectivity index (χ2v) is 11.9. The molecule has 0 saturated carbocycles. The van der Waals surface area contributed by atoms with Gasteiger partial charge in [0, 0.05) is 16.7 Å². The van der Waals surface area contributed by atoms with E-state index in [0.717, 1.165) is 24.5 Å². The zero-order valence-corrected chi connectivity index (χ0v) is 18.6. The molecule has 0 amide bonds. The lowest BCUT2D eigenvalue weighted by molar-refractivity contribution is -0.150. The predicted molar refractivity (Wildman–Crippen MR) is 108 cm³/mol. The fraction of sp³-hybridized carbons (Fsp3) is 0.316. The highest BCUT2D eigenvalue weighted by Crippen LogP contribution is 2.35. The molecule has 2 aromatic rings. The molecular formula is C19H21ClO7S2. The predicted octanol–water partition coefficient (Wildman–Crippen LogP) is 3.45. The lowest BCUT2D eigenvalue weighted by atomic mass is 9.89. The van der Waals surface area contributed by atoms with E-state index in [0.29, 0.717) is 0 Å². The Morgan fingerprint density at radius 3 is 1.97 bits per heavy atom. The van der Waals surface area contributed by atoms with Gasteiger partial charge < -0.3 is 9.84 Å². The molecule has 2 aromatic carbocycles. The maximum atomic E-state index is 13.1. The summed E-state index contributed by atoms with van der Waals surface area (Å²) >= 11 is 5.97. The third kappa shape index (κ3) is 5.29. The van der Waals surface area contributed by atoms with Gasteiger partial charge in [-0.05, 0) is 42.5 Å². The van der Waals surface area contributed by atoms with Crippen molar-refractivity contribution in [1.29, 1.82) is 0 Å². The van der Waals surface area contributed by atoms with E-state index < -0.39 is 37.2 Å². The summed E-state index contributed by atoms with van der Waals surface area (Å²) in [6.07, 6.45) is -0.303. The molecule has 1 N–H and O–H groups in total. The molecule has 1 unspecified atom stereocenters. The summed E-state index contributed by atoms with van der Waals surface area (Å²) in [5.41, 5.74) is -0.816. The standard InChI is InChI=1S/C19H21ClO7S2/c1-19(2,3)17(18(21)22)27-15-10-5-12(20)11-16(15)29(25,26)14-8-6-13(7-9-14)28(4,23)24/h5-11,17H,1-4H3,(H,21,22). The Kier molecular flexibility index (Phi) is 6.37. The molecule has 0 saturated heterocycles. The van der Waals surface area contributed by atoms with Gasteiger partial charge in [0.2, 0.25) is 9.84 Å². The summed E-state index contributed by atoms with van der Waals surface area (Å²) < 4.78 is 55.0. The number of rotatable bonds is 6. The molecule has 7 nitrogen and oxygen atoms in total. The zero-order valence-electron chi connectivity index (χ0n) is 16.2. The average molecular weight is 461 g/mol. The number of carboxylic acids is 1. The summed E-state index contributed by atoms with van der Waals surface area (Å²) in [5.74, 6) is -1.41. The van der Waals surface area contributed by atoms with E-state index in [1.807, 2.05) is 0 Å². The number of ether oxygens (including phenoxy) is 1. The van der Waals surface area contributed by atoms with Gasteiger partial charge in [0.05, 0.1) is 9.79 Å². The Bertz CT molecular complexity index is 1130. The van der Waals surface area contributed by atoms with Gasteiger partial charge in [-0.2, -0.15) is 0 Å². The van der Waals surface area contributed by atoms with Crippen LogP contribution in [0.3, 0.4) is 0 Å². The highest BCUT2D eigenvalue weighted by molar-refractivity contribution is 7.91. The lowest BCUT2D eigenvalue weighted by Crippen LogP contribution is -2.39. The average Bonchev–Trinajstić information content (AvgIpc) is 2.58. The van der Waals surface area contributed by atoms with Crippen LogP contribution < -0.4 is 4.74 Å². The highest BCUT2D eigenvalue weighted by Gasteiger charge is 2.35. The molecule has 0 spiro atoms. The summed E-state index contributed by atoms with van der Waals surface area (Å²) in [5, 5.41) is 9.60. The molecule has 10 heteroatoms. The fourth-order valence-electron chi connectivity index (χ4n) is 2.51. The van der Waals surface area contributed by atoms with Gasteiger partial charge in [-0.1, -0.05) is 32.4 Å². The Morgan fingerprint density at radius 1 is 1.00 bits per heavy atom. The SMILES string of the molecule is CC(C)(C)C(Oc1ccc(Cl)cc1S(=O)(=O)c1ccc(S(C)(=O)=O)cc1)C(=O)O. The third-order valence-electron chi connectivity index (χ3n) is 4.01. The van der Waals surface area contributed by atoms with E-state index in [1.54, 1.807) is 20.8 Å². The minimum atomic E-state index is -4.17. The van der Waals surface area contributed by atoms with Crippen molar-refractivity contribution >= 4 is 37.2 Å². The van der Waals surface area contributed by atoms with Crippen molar-refractivity contribution in [3.8, 4) is 5.75 Å². The molecule has 0 aliphatic rings. The molecule has 0 aliphatic heterocycles. The normalized spacial score (nSPS) is 13.7. The van der Waals surface area contributed by atoms with Gasteiger partial charge >= 0.3 is 5.97 Å². The molecule has 1 atom stereocenters. The van der Waals surface area contributed by atoms with Crippen molar-refractivity contribution in [1.82, 2.24) is 0 Å². The van der Waals surface area contributed by atoms with Crippen LogP contribution in [0.4, 0.5) is 0 Å². The summed E-state index contributed by atoms with van der Waals surface area (Å²) in [6, 6.07) is 8.54. The van der Waals surface area contributed by atoms with Crippen LogP contribution in [0.15, 0.2) is 57.2 Å². The van der Waals surface area contributed by atoms with Gasteiger partial charge in [-0.25, -0.2) is 21.6 Å². The molecule has 29 heavy (non-hydrogen) atoms. The Labute approximate surface area is 175 Å². The van der Waals surface area contributed by atoms with Crippen LogP contribution in [0.2, 0.25) is 5.02 Å². The lowest BCUT2D eigenvalue weighted by Gasteiger charge is -2.28. The minimum absolute atomic E-state index is 0.0299. The topological polar surface area (TPSA) is 115 Å². The second-order valence-electron chi connectivity index (χ2n) is 7.54. The summed E-state index contributed by atoms with van der Waals surface area (Å²) in [4.78, 5) is 11.1. The van der Waals surface area contributed by atoms with Crippen molar-refractivity contribution in [3.05, 3.63) is 47.5 Å². The Balaban J connectivity index is 2.59. The number of benzene rings is 2. The van der Waals surface area contributed by atoms with Crippen LogP contribution >= 0.6 is 11.6 Å². The Morgan fingerprint density at radius 2 is 1.52 bits per heavy atom. The monoisotopic (exact) mass is 460 g/mol. The number of carbonyl (C=O) groups is 1. The summed E-state index contributed by atoms with van der Waals surface area (Å²) in [7, 11) is -7.66. The first-order chi connectivity index (χ1) is 13.1. The van der Waals surface area contributed by atoms with Crippen molar-refractivity contribution < 1.29 is 31.5 Å². The molecule has 0 heterocycles. The number of sulfone groups is 2. The largest absolute Gasteiger partial charge is 0.478 e. The smallest absolute Gasteiger partial charge is 0.345 e. The second kappa shape index (κ2) is 7.97. The first kappa shape index (κ1) is 23.2. The molecule has 2 rings (SSSR count). The van der Waals surface area contributed by atoms with Crippen LogP contribution in [0.25, 0.3) is 0 Å². The number of aliphatic carboxylic acids is 1. The fourth-order valence-corrected chi connectivity index (χ4v) is 4.79. The van der Waals surface area contributed by atoms with Gasteiger partial charge in [-0.15, -0.1) is 0 Å². The molecule has 0 aliphatic carbocycles. The van der Waals surface area contributed by atoms with E-state index in [-0.39, 0.29) is 25.5 Å². The van der Waals surface area contributed by atoms with Crippen LogP contribution in [0.1, 0.15) is 20.8 Å². The van der Waals surface area contributed by atoms with Crippen molar-refractivity contribution in [2.24, 2.45) is 5.41 Å². The van der Waals surface area contributed by atoms with Crippen molar-refractivity contribution in [2.75, 3.05) is 6.26 Å². The summed E-state index contributed by atoms with van der Waals surface area (Å²) in [6.45, 7) is 4.96. The first-order valence-corrected chi connectivity index (χ1v) is 12.1. The van der Waals surface area contributed by atoms with E-state index in [2.05, 4.69) is 0 Å². The van der Waals surface area contributed by atoms with Crippen molar-refractivity contribution in [2.45, 2.75) is 41.6 Å². The number of hydrogen-bond acceptors (Lipinski definition) is 6. The van der Waals surface area contributed by atoms with E-state index in [9.17, 15) is 26.7 Å². The quantitative estimate of drug-likeness (QED) is 0.701. The number of carboxylic acid groups (broad SMARTS) is 1. The number of halogens is 1. The van der Waals surface area contributed by atoms with Gasteiger partial charge in [-0.3, -0.25) is 0 Å². The van der Waals surface area contributed by atoms with E-state index >= 15 is 0 Å². The van der Waals surface area contributed by atoms with Crippen LogP contribution in [-0.2, 0) is 24.5 Å². The van der Waals surface area contributed by atoms with Gasteiger partial charge in [0.1, 0.15) is 10.6 Å². The molecule has 0 radical (unpaired) electrons. The maximum Gasteiger partial charge on any atom is 0.345 e. The highest BCUT2D eigenvalue weighted by atomic mass is 35.5. The zero-order chi connectivity index (χ0) is 22.2. The van der Waals surface area contributed by atoms with Crippen molar-refractivity contribution in [3.63, 3.8) is 0 Å². The van der Waals surface area contributed by atoms with Crippen LogP contribution in [0.5, 0.6) is 5.75 Å². The van der Waals surface area contributed by atoms with Gasteiger partial charge in [0.25, 0.3) is 0 Å². The van der Waals surface area contributed by atoms with E-state index in [4.69, 9.17) is 16.3 Å². The third-order valence-corrected chi connectivity index (χ3v) is 7.17. The van der Waals surface area contributed by atoms with Crippen LogP contribution in [-0.4, -0.2) is 40.3 Å². The molecule has 0 aromatic heterocycles. The molecule has 0 bridgehead atoms.